The number of hydrogen-bond donors (Lipinski definition) is 2. The van der Waals surface area contributed by atoms with E-state index in [-0.39, 0.29) is 28.5 Å². The summed E-state index contributed by atoms with van der Waals surface area (Å²) in [6, 6.07) is 3.72. The molecule has 1 aliphatic heterocycles. The van der Waals surface area contributed by atoms with Gasteiger partial charge in [-0.3, -0.25) is 9.00 Å². The summed E-state index contributed by atoms with van der Waals surface area (Å²) in [5, 5.41) is 2.35. The number of carbonyl (C=O) groups is 1. The first-order valence-electron chi connectivity index (χ1n) is 6.31. The largest absolute Gasteiger partial charge is 0.397 e. The van der Waals surface area contributed by atoms with Crippen LogP contribution in [-0.4, -0.2) is 33.8 Å². The Labute approximate surface area is 119 Å². The minimum absolute atomic E-state index is 0.108. The Bertz CT molecular complexity index is 538. The fraction of sp³-hybridized carbons (Fsp3) is 0.462. The summed E-state index contributed by atoms with van der Waals surface area (Å²) in [5.41, 5.74) is 6.10. The Morgan fingerprint density at radius 3 is 3.00 bits per heavy atom. The minimum Gasteiger partial charge on any atom is -0.397 e. The lowest BCUT2D eigenvalue weighted by atomic mass is 10.2. The molecule has 1 heterocycles. The number of halogens is 1. The molecule has 20 heavy (non-hydrogen) atoms. The van der Waals surface area contributed by atoms with Crippen molar-refractivity contribution in [2.75, 3.05) is 23.4 Å². The summed E-state index contributed by atoms with van der Waals surface area (Å²) in [5.74, 6) is -1.08. The van der Waals surface area contributed by atoms with Gasteiger partial charge in [0, 0.05) is 17.4 Å². The summed E-state index contributed by atoms with van der Waals surface area (Å²) in [6.45, 7) is 2.41. The van der Waals surface area contributed by atoms with Crippen LogP contribution in [0, 0.1) is 5.82 Å². The lowest BCUT2D eigenvalue weighted by Gasteiger charge is -2.14. The molecule has 0 aliphatic carbocycles. The van der Waals surface area contributed by atoms with Gasteiger partial charge >= 0.3 is 0 Å². The minimum atomic E-state index is -1.31. The average molecular weight is 300 g/mol. The zero-order valence-electron chi connectivity index (χ0n) is 11.1. The predicted molar refractivity (Wildman–Crippen MR) is 76.3 cm³/mol. The summed E-state index contributed by atoms with van der Waals surface area (Å²) in [7, 11) is -1.31. The molecular weight excluding hydrogens is 283 g/mol. The van der Waals surface area contributed by atoms with Crippen molar-refractivity contribution in [3.63, 3.8) is 0 Å². The Morgan fingerprint density at radius 1 is 1.60 bits per heavy atom. The molecule has 0 radical (unpaired) electrons. The quantitative estimate of drug-likeness (QED) is 0.821. The van der Waals surface area contributed by atoms with E-state index in [1.54, 1.807) is 0 Å². The van der Waals surface area contributed by atoms with E-state index in [1.807, 2.05) is 6.92 Å². The molecule has 0 saturated carbocycles. The van der Waals surface area contributed by atoms with E-state index >= 15 is 0 Å². The molecular formula is C13H17FN2O3S. The zero-order valence-corrected chi connectivity index (χ0v) is 11.9. The number of hydrogen-bond acceptors (Lipinski definition) is 4. The van der Waals surface area contributed by atoms with Crippen LogP contribution in [0.4, 0.5) is 15.8 Å². The van der Waals surface area contributed by atoms with E-state index in [4.69, 9.17) is 10.5 Å². The molecule has 1 aromatic rings. The van der Waals surface area contributed by atoms with Crippen molar-refractivity contribution in [2.45, 2.75) is 24.7 Å². The SMILES string of the molecule is CC1OCCC1S(=O)CC(=O)Nc1cc(F)ccc1N. The van der Waals surface area contributed by atoms with Crippen molar-refractivity contribution >= 4 is 28.1 Å². The molecule has 1 aliphatic rings. The number of nitrogen functional groups attached to an aromatic ring is 1. The second kappa shape index (κ2) is 6.32. The zero-order chi connectivity index (χ0) is 14.7. The van der Waals surface area contributed by atoms with Gasteiger partial charge in [0.15, 0.2) is 0 Å². The molecule has 0 aromatic heterocycles. The van der Waals surface area contributed by atoms with Gasteiger partial charge in [0.1, 0.15) is 11.6 Å². The Balaban J connectivity index is 1.95. The van der Waals surface area contributed by atoms with Crippen LogP contribution in [0.1, 0.15) is 13.3 Å². The van der Waals surface area contributed by atoms with Gasteiger partial charge in [0.25, 0.3) is 0 Å². The molecule has 1 amide bonds. The van der Waals surface area contributed by atoms with Crippen molar-refractivity contribution in [1.82, 2.24) is 0 Å². The second-order valence-electron chi connectivity index (χ2n) is 4.71. The molecule has 2 rings (SSSR count). The Morgan fingerprint density at radius 2 is 2.35 bits per heavy atom. The highest BCUT2D eigenvalue weighted by Crippen LogP contribution is 2.21. The van der Waals surface area contributed by atoms with Gasteiger partial charge in [-0.2, -0.15) is 0 Å². The van der Waals surface area contributed by atoms with Gasteiger partial charge in [-0.25, -0.2) is 4.39 Å². The van der Waals surface area contributed by atoms with E-state index in [0.717, 1.165) is 6.07 Å². The average Bonchev–Trinajstić information content (AvgIpc) is 2.80. The highest BCUT2D eigenvalue weighted by atomic mass is 32.2. The molecule has 0 bridgehead atoms. The lowest BCUT2D eigenvalue weighted by Crippen LogP contribution is -2.30. The van der Waals surface area contributed by atoms with Crippen LogP contribution in [0.15, 0.2) is 18.2 Å². The number of carbonyl (C=O) groups excluding carboxylic acids is 1. The maximum absolute atomic E-state index is 13.1. The maximum Gasteiger partial charge on any atom is 0.237 e. The first-order chi connectivity index (χ1) is 9.47. The number of amides is 1. The van der Waals surface area contributed by atoms with Crippen molar-refractivity contribution < 1.29 is 18.1 Å². The standard InChI is InChI=1S/C13H17FN2O3S/c1-8-12(4-5-19-8)20(18)7-13(17)16-11-6-9(14)2-3-10(11)15/h2-3,6,8,12H,4-5,7,15H2,1H3,(H,16,17). The van der Waals surface area contributed by atoms with Crippen LogP contribution in [0.2, 0.25) is 0 Å². The summed E-state index contributed by atoms with van der Waals surface area (Å²) < 4.78 is 30.5. The van der Waals surface area contributed by atoms with E-state index in [0.29, 0.717) is 13.0 Å². The molecule has 3 N–H and O–H groups in total. The fourth-order valence-electron chi connectivity index (χ4n) is 2.12. The summed E-state index contributed by atoms with van der Waals surface area (Å²) >= 11 is 0. The van der Waals surface area contributed by atoms with Gasteiger partial charge in [0.2, 0.25) is 5.91 Å². The van der Waals surface area contributed by atoms with Gasteiger partial charge < -0.3 is 15.8 Å². The molecule has 3 unspecified atom stereocenters. The molecule has 3 atom stereocenters. The molecule has 110 valence electrons. The van der Waals surface area contributed by atoms with Crippen molar-refractivity contribution in [3.8, 4) is 0 Å². The number of rotatable bonds is 4. The van der Waals surface area contributed by atoms with Gasteiger partial charge in [0.05, 0.1) is 22.7 Å². The molecule has 1 aromatic carbocycles. The van der Waals surface area contributed by atoms with E-state index in [2.05, 4.69) is 5.32 Å². The number of nitrogens with two attached hydrogens (primary N) is 1. The summed E-state index contributed by atoms with van der Waals surface area (Å²) in [6.07, 6.45) is 0.575. The predicted octanol–water partition coefficient (Wildman–Crippen LogP) is 1.27. The first kappa shape index (κ1) is 14.9. The third-order valence-corrected chi connectivity index (χ3v) is 5.05. The molecule has 1 saturated heterocycles. The lowest BCUT2D eigenvalue weighted by molar-refractivity contribution is -0.113. The first-order valence-corrected chi connectivity index (χ1v) is 7.69. The van der Waals surface area contributed by atoms with Crippen LogP contribution in [0.3, 0.4) is 0 Å². The number of ether oxygens (including phenoxy) is 1. The third-order valence-electron chi connectivity index (χ3n) is 3.21. The molecule has 5 nitrogen and oxygen atoms in total. The van der Waals surface area contributed by atoms with Crippen LogP contribution in [0.25, 0.3) is 0 Å². The van der Waals surface area contributed by atoms with Gasteiger partial charge in [-0.1, -0.05) is 0 Å². The smallest absolute Gasteiger partial charge is 0.237 e. The topological polar surface area (TPSA) is 81.4 Å². The van der Waals surface area contributed by atoms with Crippen LogP contribution >= 0.6 is 0 Å². The fourth-order valence-corrected chi connectivity index (χ4v) is 3.53. The monoisotopic (exact) mass is 300 g/mol. The second-order valence-corrected chi connectivity index (χ2v) is 6.36. The van der Waals surface area contributed by atoms with Gasteiger partial charge in [-0.15, -0.1) is 0 Å². The highest BCUT2D eigenvalue weighted by molar-refractivity contribution is 7.86. The van der Waals surface area contributed by atoms with Crippen LogP contribution < -0.4 is 11.1 Å². The summed E-state index contributed by atoms with van der Waals surface area (Å²) in [4.78, 5) is 11.8. The van der Waals surface area contributed by atoms with Gasteiger partial charge in [-0.05, 0) is 31.5 Å². The van der Waals surface area contributed by atoms with Crippen molar-refractivity contribution in [3.05, 3.63) is 24.0 Å². The van der Waals surface area contributed by atoms with Crippen LogP contribution in [-0.2, 0) is 20.3 Å². The van der Waals surface area contributed by atoms with Crippen molar-refractivity contribution in [2.24, 2.45) is 0 Å². The Hall–Kier alpha value is -1.47. The number of nitrogens with one attached hydrogen (secondary N) is 1. The highest BCUT2D eigenvalue weighted by Gasteiger charge is 2.30. The molecule has 7 heteroatoms. The van der Waals surface area contributed by atoms with E-state index < -0.39 is 22.5 Å². The number of benzene rings is 1. The van der Waals surface area contributed by atoms with E-state index in [1.165, 1.54) is 12.1 Å². The maximum atomic E-state index is 13.1. The molecule has 1 fully saturated rings. The third kappa shape index (κ3) is 3.55. The van der Waals surface area contributed by atoms with Crippen LogP contribution in [0.5, 0.6) is 0 Å². The Kier molecular flexibility index (Phi) is 4.72. The molecule has 0 spiro atoms. The number of anilines is 2. The van der Waals surface area contributed by atoms with Crippen molar-refractivity contribution in [1.29, 1.82) is 0 Å². The van der Waals surface area contributed by atoms with E-state index in [9.17, 15) is 13.4 Å². The normalized spacial score (nSPS) is 23.5.